The first-order chi connectivity index (χ1) is 16.0. The summed E-state index contributed by atoms with van der Waals surface area (Å²) in [5, 5.41) is 16.3. The first-order valence-corrected chi connectivity index (χ1v) is 12.8. The average Bonchev–Trinajstić information content (AvgIpc) is 3.40. The zero-order valence-electron chi connectivity index (χ0n) is 18.5. The summed E-state index contributed by atoms with van der Waals surface area (Å²) < 4.78 is 1.88. The molecule has 4 aromatic rings. The maximum atomic E-state index is 12.6. The molecule has 0 bridgehead atoms. The van der Waals surface area contributed by atoms with E-state index >= 15 is 0 Å². The molecule has 0 unspecified atom stereocenters. The number of carbonyl (C=O) groups excluding carboxylic acids is 2. The molecule has 0 saturated carbocycles. The topological polar surface area (TPSA) is 101 Å². The van der Waals surface area contributed by atoms with Crippen LogP contribution in [0.5, 0.6) is 0 Å². The fraction of sp³-hybridized carbons (Fsp3) is 0.348. The minimum atomic E-state index is -0.157. The second kappa shape index (κ2) is 9.11. The van der Waals surface area contributed by atoms with E-state index in [0.29, 0.717) is 23.0 Å². The molecule has 0 fully saturated rings. The summed E-state index contributed by atoms with van der Waals surface area (Å²) >= 11 is 3.09. The lowest BCUT2D eigenvalue weighted by Gasteiger charge is -2.11. The fourth-order valence-electron chi connectivity index (χ4n) is 4.03. The Kier molecular flexibility index (Phi) is 6.03. The summed E-state index contributed by atoms with van der Waals surface area (Å²) in [5.74, 6) is -0.0359. The molecule has 0 spiro atoms. The number of benzene rings is 1. The molecule has 1 aliphatic rings. The highest BCUT2D eigenvalue weighted by atomic mass is 32.2. The first kappa shape index (κ1) is 21.8. The minimum Gasteiger partial charge on any atom is -0.326 e. The summed E-state index contributed by atoms with van der Waals surface area (Å²) in [6.45, 7) is 3.72. The highest BCUT2D eigenvalue weighted by Crippen LogP contribution is 2.37. The van der Waals surface area contributed by atoms with Gasteiger partial charge in [0.15, 0.2) is 10.8 Å². The van der Waals surface area contributed by atoms with Crippen molar-refractivity contribution in [1.82, 2.24) is 19.6 Å². The number of amides is 2. The van der Waals surface area contributed by atoms with Crippen LogP contribution >= 0.6 is 23.1 Å². The van der Waals surface area contributed by atoms with Gasteiger partial charge in [0.2, 0.25) is 11.8 Å². The first-order valence-electron chi connectivity index (χ1n) is 11.0. The van der Waals surface area contributed by atoms with Crippen molar-refractivity contribution in [2.75, 3.05) is 16.4 Å². The minimum absolute atomic E-state index is 0.0644. The number of hydrogen-bond donors (Lipinski definition) is 2. The van der Waals surface area contributed by atoms with Crippen molar-refractivity contribution in [2.24, 2.45) is 0 Å². The number of carbonyl (C=O) groups is 2. The van der Waals surface area contributed by atoms with Gasteiger partial charge in [0.05, 0.1) is 11.1 Å². The Balaban J connectivity index is 1.31. The Morgan fingerprint density at radius 1 is 1.15 bits per heavy atom. The van der Waals surface area contributed by atoms with Crippen molar-refractivity contribution in [2.45, 2.75) is 51.1 Å². The van der Waals surface area contributed by atoms with Crippen molar-refractivity contribution in [3.63, 3.8) is 0 Å². The summed E-state index contributed by atoms with van der Waals surface area (Å²) in [6, 6.07) is 5.48. The molecule has 10 heteroatoms. The molecule has 8 nitrogen and oxygen atoms in total. The van der Waals surface area contributed by atoms with E-state index in [1.165, 1.54) is 35.0 Å². The number of hydrogen-bond acceptors (Lipinski definition) is 7. The number of anilines is 2. The third kappa shape index (κ3) is 4.32. The van der Waals surface area contributed by atoms with Crippen molar-refractivity contribution < 1.29 is 9.59 Å². The van der Waals surface area contributed by atoms with Gasteiger partial charge in [-0.1, -0.05) is 24.8 Å². The van der Waals surface area contributed by atoms with Crippen LogP contribution < -0.4 is 10.6 Å². The zero-order valence-corrected chi connectivity index (χ0v) is 20.1. The van der Waals surface area contributed by atoms with E-state index in [2.05, 4.69) is 25.8 Å². The van der Waals surface area contributed by atoms with Gasteiger partial charge in [0.25, 0.3) is 0 Å². The monoisotopic (exact) mass is 480 g/mol. The van der Waals surface area contributed by atoms with E-state index in [9.17, 15) is 9.59 Å². The van der Waals surface area contributed by atoms with E-state index in [1.54, 1.807) is 30.7 Å². The summed E-state index contributed by atoms with van der Waals surface area (Å²) in [5.41, 5.74) is 4.46. The van der Waals surface area contributed by atoms with E-state index < -0.39 is 0 Å². The second-order valence-corrected chi connectivity index (χ2v) is 10.1. The van der Waals surface area contributed by atoms with Gasteiger partial charge in [-0.3, -0.25) is 14.0 Å². The van der Waals surface area contributed by atoms with Crippen molar-refractivity contribution in [3.05, 3.63) is 40.5 Å². The number of nitrogens with zero attached hydrogens (tertiary/aromatic N) is 4. The van der Waals surface area contributed by atoms with Crippen molar-refractivity contribution in [3.8, 4) is 0 Å². The number of nitrogens with one attached hydrogen (secondary N) is 2. The normalized spacial score (nSPS) is 13.3. The lowest BCUT2D eigenvalue weighted by atomic mass is 9.97. The van der Waals surface area contributed by atoms with Gasteiger partial charge in [0, 0.05) is 22.7 Å². The molecule has 33 heavy (non-hydrogen) atoms. The van der Waals surface area contributed by atoms with E-state index in [0.717, 1.165) is 34.3 Å². The SMILES string of the molecule is CCC(=O)Nc1cc(NC(=O)CSc2nnc3c4c5c(sc4ncn23)CCCC5)ccc1C. The summed E-state index contributed by atoms with van der Waals surface area (Å²) in [4.78, 5) is 31.4. The van der Waals surface area contributed by atoms with Gasteiger partial charge in [-0.2, -0.15) is 0 Å². The molecule has 5 rings (SSSR count). The lowest BCUT2D eigenvalue weighted by Crippen LogP contribution is -2.15. The number of fused-ring (bicyclic) bond motifs is 5. The number of aromatic nitrogens is 4. The van der Waals surface area contributed by atoms with Crippen molar-refractivity contribution in [1.29, 1.82) is 0 Å². The number of rotatable bonds is 6. The third-order valence-corrected chi connectivity index (χ3v) is 7.92. The number of aryl methyl sites for hydroxylation is 3. The van der Waals surface area contributed by atoms with Crippen LogP contribution in [-0.4, -0.2) is 37.1 Å². The maximum Gasteiger partial charge on any atom is 0.234 e. The smallest absolute Gasteiger partial charge is 0.234 e. The van der Waals surface area contributed by atoms with Gasteiger partial charge in [-0.25, -0.2) is 4.98 Å². The van der Waals surface area contributed by atoms with Crippen LogP contribution in [0.15, 0.2) is 29.7 Å². The molecule has 2 amide bonds. The largest absolute Gasteiger partial charge is 0.326 e. The van der Waals surface area contributed by atoms with E-state index in [-0.39, 0.29) is 17.6 Å². The van der Waals surface area contributed by atoms with E-state index in [4.69, 9.17) is 0 Å². The molecule has 0 atom stereocenters. The molecule has 0 radical (unpaired) electrons. The Morgan fingerprint density at radius 3 is 2.85 bits per heavy atom. The molecule has 1 aliphatic carbocycles. The van der Waals surface area contributed by atoms with Gasteiger partial charge in [0.1, 0.15) is 11.2 Å². The van der Waals surface area contributed by atoms with Gasteiger partial charge < -0.3 is 10.6 Å². The van der Waals surface area contributed by atoms with Gasteiger partial charge in [-0.15, -0.1) is 21.5 Å². The number of thioether (sulfide) groups is 1. The maximum absolute atomic E-state index is 12.6. The molecular formula is C23H24N6O2S2. The molecule has 2 N–H and O–H groups in total. The Morgan fingerprint density at radius 2 is 2.00 bits per heavy atom. The van der Waals surface area contributed by atoms with Crippen LogP contribution in [0.25, 0.3) is 15.9 Å². The molecule has 1 aromatic carbocycles. The molecule has 3 aromatic heterocycles. The van der Waals surface area contributed by atoms with E-state index in [1.807, 2.05) is 23.5 Å². The van der Waals surface area contributed by atoms with Crippen LogP contribution in [0.2, 0.25) is 0 Å². The highest BCUT2D eigenvalue weighted by molar-refractivity contribution is 7.99. The summed E-state index contributed by atoms with van der Waals surface area (Å²) in [7, 11) is 0. The molecule has 170 valence electrons. The second-order valence-electron chi connectivity index (χ2n) is 8.08. The zero-order chi connectivity index (χ0) is 22.9. The molecular weight excluding hydrogens is 456 g/mol. The van der Waals surface area contributed by atoms with Crippen LogP contribution in [0.4, 0.5) is 11.4 Å². The summed E-state index contributed by atoms with van der Waals surface area (Å²) in [6.07, 6.45) is 6.74. The van der Waals surface area contributed by atoms with Crippen molar-refractivity contribution >= 4 is 62.2 Å². The Bertz CT molecular complexity index is 1380. The highest BCUT2D eigenvalue weighted by Gasteiger charge is 2.21. The third-order valence-electron chi connectivity index (χ3n) is 5.78. The molecule has 0 aliphatic heterocycles. The Labute approximate surface area is 199 Å². The predicted molar refractivity (Wildman–Crippen MR) is 132 cm³/mol. The average molecular weight is 481 g/mol. The van der Waals surface area contributed by atoms with Gasteiger partial charge >= 0.3 is 0 Å². The molecule has 0 saturated heterocycles. The predicted octanol–water partition coefficient (Wildman–Crippen LogP) is 4.61. The quantitative estimate of drug-likeness (QED) is 0.391. The fourth-order valence-corrected chi connectivity index (χ4v) is 5.96. The van der Waals surface area contributed by atoms with Crippen LogP contribution in [-0.2, 0) is 22.4 Å². The number of thiophene rings is 1. The van der Waals surface area contributed by atoms with Crippen LogP contribution in [0.3, 0.4) is 0 Å². The standard InChI is InChI=1S/C23H24N6O2S2/c1-3-18(30)26-16-10-14(9-8-13(16)2)25-19(31)11-32-23-28-27-21-20-15-6-4-5-7-17(15)33-22(20)24-12-29(21)23/h8-10,12H,3-7,11H2,1-2H3,(H,25,31)(H,26,30). The Hall–Kier alpha value is -2.98. The molecule has 3 heterocycles. The van der Waals surface area contributed by atoms with Gasteiger partial charge in [-0.05, 0) is 55.9 Å². The van der Waals surface area contributed by atoms with Crippen LogP contribution in [0.1, 0.15) is 42.2 Å². The van der Waals surface area contributed by atoms with Crippen LogP contribution in [0, 0.1) is 6.92 Å². The lowest BCUT2D eigenvalue weighted by molar-refractivity contribution is -0.116.